The van der Waals surface area contributed by atoms with Crippen molar-refractivity contribution in [1.82, 2.24) is 5.32 Å². The summed E-state index contributed by atoms with van der Waals surface area (Å²) in [5.41, 5.74) is 1.32. The Kier molecular flexibility index (Phi) is 6.38. The molecule has 0 heterocycles. The van der Waals surface area contributed by atoms with Crippen molar-refractivity contribution in [2.75, 3.05) is 6.61 Å². The molecule has 0 bridgehead atoms. The number of nitrogens with one attached hydrogen (secondary N) is 1. The second kappa shape index (κ2) is 7.57. The first kappa shape index (κ1) is 14.3. The van der Waals surface area contributed by atoms with E-state index in [1.807, 2.05) is 13.0 Å². The van der Waals surface area contributed by atoms with Gasteiger partial charge in [-0.1, -0.05) is 25.0 Å². The molecule has 0 radical (unpaired) electrons. The van der Waals surface area contributed by atoms with Crippen LogP contribution >= 0.6 is 0 Å². The fraction of sp³-hybridized carbons (Fsp3) is 0.571. The van der Waals surface area contributed by atoms with E-state index in [0.29, 0.717) is 0 Å². The van der Waals surface area contributed by atoms with Gasteiger partial charge in [0.2, 0.25) is 0 Å². The van der Waals surface area contributed by atoms with Gasteiger partial charge in [-0.3, -0.25) is 0 Å². The molecular weight excluding hydrogens is 234 g/mol. The number of benzene rings is 1. The highest BCUT2D eigenvalue weighted by Gasteiger charge is 2.13. The molecule has 0 amide bonds. The van der Waals surface area contributed by atoms with Gasteiger partial charge < -0.3 is 22.5 Å². The van der Waals surface area contributed by atoms with Gasteiger partial charge in [0.05, 0.1) is 6.61 Å². The fourth-order valence-electron chi connectivity index (χ4n) is 2.30. The third-order valence-corrected chi connectivity index (χ3v) is 3.16. The van der Waals surface area contributed by atoms with E-state index in [2.05, 4.69) is 23.5 Å². The van der Waals surface area contributed by atoms with Crippen molar-refractivity contribution >= 4 is 0 Å². The van der Waals surface area contributed by atoms with Crippen LogP contribution in [0, 0.1) is 0 Å². The Morgan fingerprint density at radius 2 is 2.06 bits per heavy atom. The first-order chi connectivity index (χ1) is 7.88. The van der Waals surface area contributed by atoms with E-state index >= 15 is 0 Å². The molecule has 1 aromatic rings. The Hall–Kier alpha value is -0.730. The minimum Gasteiger partial charge on any atom is -1.00 e. The van der Waals surface area contributed by atoms with Crippen LogP contribution in [0.15, 0.2) is 24.3 Å². The highest BCUT2D eigenvalue weighted by atomic mass is 35.5. The molecule has 0 atom stereocenters. The predicted octanol–water partition coefficient (Wildman–Crippen LogP) is 0.122. The minimum absolute atomic E-state index is 0. The summed E-state index contributed by atoms with van der Waals surface area (Å²) in [5.74, 6) is 0.980. The standard InChI is InChI=1S/C14H21NO.ClH/c1-2-16-14-9-5-6-12(10-14)11-15-13-7-3-4-8-13;/h5-6,9-10,13,15H,2-4,7-8,11H2,1H3;1H/p-1. The summed E-state index contributed by atoms with van der Waals surface area (Å²) < 4.78 is 5.49. The zero-order valence-corrected chi connectivity index (χ0v) is 11.2. The van der Waals surface area contributed by atoms with E-state index in [0.717, 1.165) is 24.9 Å². The Balaban J connectivity index is 0.00000144. The highest BCUT2D eigenvalue weighted by Crippen LogP contribution is 2.19. The summed E-state index contributed by atoms with van der Waals surface area (Å²) in [6.07, 6.45) is 5.45. The first-order valence-electron chi connectivity index (χ1n) is 6.33. The molecule has 1 aliphatic carbocycles. The van der Waals surface area contributed by atoms with Crippen LogP contribution in [0.3, 0.4) is 0 Å². The van der Waals surface area contributed by atoms with Crippen LogP contribution in [-0.4, -0.2) is 12.6 Å². The van der Waals surface area contributed by atoms with Crippen molar-refractivity contribution in [2.45, 2.75) is 45.2 Å². The molecule has 0 aromatic heterocycles. The molecule has 1 fully saturated rings. The summed E-state index contributed by atoms with van der Waals surface area (Å²) >= 11 is 0. The van der Waals surface area contributed by atoms with Crippen molar-refractivity contribution < 1.29 is 17.1 Å². The lowest BCUT2D eigenvalue weighted by atomic mass is 10.2. The van der Waals surface area contributed by atoms with Crippen molar-refractivity contribution in [3.05, 3.63) is 29.8 Å². The van der Waals surface area contributed by atoms with Crippen LogP contribution in [0.4, 0.5) is 0 Å². The van der Waals surface area contributed by atoms with E-state index < -0.39 is 0 Å². The van der Waals surface area contributed by atoms with E-state index in [4.69, 9.17) is 4.74 Å². The van der Waals surface area contributed by atoms with Crippen LogP contribution in [0.25, 0.3) is 0 Å². The number of hydrogen-bond donors (Lipinski definition) is 1. The van der Waals surface area contributed by atoms with Crippen molar-refractivity contribution in [2.24, 2.45) is 0 Å². The molecule has 1 saturated carbocycles. The summed E-state index contributed by atoms with van der Waals surface area (Å²) in [5, 5.41) is 3.61. The van der Waals surface area contributed by atoms with E-state index in [9.17, 15) is 0 Å². The van der Waals surface area contributed by atoms with E-state index in [1.54, 1.807) is 0 Å². The van der Waals surface area contributed by atoms with Crippen LogP contribution in [0.2, 0.25) is 0 Å². The quantitative estimate of drug-likeness (QED) is 0.806. The molecule has 2 rings (SSSR count). The maximum atomic E-state index is 5.49. The van der Waals surface area contributed by atoms with E-state index in [1.165, 1.54) is 31.2 Å². The molecular formula is C14H21ClNO-. The Bertz CT molecular complexity index is 324. The van der Waals surface area contributed by atoms with Gasteiger partial charge in [0.15, 0.2) is 0 Å². The highest BCUT2D eigenvalue weighted by molar-refractivity contribution is 5.28. The monoisotopic (exact) mass is 254 g/mol. The second-order valence-electron chi connectivity index (χ2n) is 4.44. The molecule has 0 saturated heterocycles. The summed E-state index contributed by atoms with van der Waals surface area (Å²) in [6.45, 7) is 3.72. The summed E-state index contributed by atoms with van der Waals surface area (Å²) in [7, 11) is 0. The van der Waals surface area contributed by atoms with Crippen LogP contribution in [0.5, 0.6) is 5.75 Å². The zero-order chi connectivity index (χ0) is 11.2. The molecule has 1 aromatic carbocycles. The van der Waals surface area contributed by atoms with Gasteiger partial charge in [0.25, 0.3) is 0 Å². The Morgan fingerprint density at radius 3 is 2.76 bits per heavy atom. The van der Waals surface area contributed by atoms with Gasteiger partial charge in [0, 0.05) is 12.6 Å². The smallest absolute Gasteiger partial charge is 0.119 e. The third-order valence-electron chi connectivity index (χ3n) is 3.16. The maximum absolute atomic E-state index is 5.49. The summed E-state index contributed by atoms with van der Waals surface area (Å²) in [4.78, 5) is 0. The van der Waals surface area contributed by atoms with Gasteiger partial charge in [-0.25, -0.2) is 0 Å². The molecule has 1 aliphatic rings. The fourth-order valence-corrected chi connectivity index (χ4v) is 2.30. The van der Waals surface area contributed by atoms with Crippen molar-refractivity contribution in [3.63, 3.8) is 0 Å². The Labute approximate surface area is 110 Å². The third kappa shape index (κ3) is 4.57. The zero-order valence-electron chi connectivity index (χ0n) is 10.4. The van der Waals surface area contributed by atoms with Gasteiger partial charge in [0.1, 0.15) is 5.75 Å². The lowest BCUT2D eigenvalue weighted by Gasteiger charge is -2.12. The van der Waals surface area contributed by atoms with Crippen molar-refractivity contribution in [3.8, 4) is 5.75 Å². The average Bonchev–Trinajstić information content (AvgIpc) is 2.80. The largest absolute Gasteiger partial charge is 1.00 e. The van der Waals surface area contributed by atoms with Gasteiger partial charge >= 0.3 is 0 Å². The van der Waals surface area contributed by atoms with Crippen LogP contribution < -0.4 is 22.5 Å². The van der Waals surface area contributed by atoms with Gasteiger partial charge in [-0.2, -0.15) is 0 Å². The Morgan fingerprint density at radius 1 is 1.29 bits per heavy atom. The molecule has 96 valence electrons. The average molecular weight is 255 g/mol. The topological polar surface area (TPSA) is 21.3 Å². The van der Waals surface area contributed by atoms with Gasteiger partial charge in [-0.05, 0) is 37.5 Å². The van der Waals surface area contributed by atoms with Crippen molar-refractivity contribution in [1.29, 1.82) is 0 Å². The molecule has 17 heavy (non-hydrogen) atoms. The lowest BCUT2D eigenvalue weighted by Crippen LogP contribution is -3.00. The maximum Gasteiger partial charge on any atom is 0.119 e. The van der Waals surface area contributed by atoms with Crippen LogP contribution in [0.1, 0.15) is 38.2 Å². The van der Waals surface area contributed by atoms with Crippen LogP contribution in [-0.2, 0) is 6.54 Å². The number of rotatable bonds is 5. The number of hydrogen-bond acceptors (Lipinski definition) is 2. The molecule has 0 unspecified atom stereocenters. The number of halogens is 1. The number of ether oxygens (including phenoxy) is 1. The molecule has 0 spiro atoms. The van der Waals surface area contributed by atoms with Gasteiger partial charge in [-0.15, -0.1) is 0 Å². The molecule has 0 aliphatic heterocycles. The normalized spacial score (nSPS) is 15.6. The molecule has 3 heteroatoms. The molecule has 1 N–H and O–H groups in total. The van der Waals surface area contributed by atoms with E-state index in [-0.39, 0.29) is 12.4 Å². The predicted molar refractivity (Wildman–Crippen MR) is 66.7 cm³/mol. The lowest BCUT2D eigenvalue weighted by molar-refractivity contribution is -0.00000400. The molecule has 2 nitrogen and oxygen atoms in total. The first-order valence-corrected chi connectivity index (χ1v) is 6.33. The second-order valence-corrected chi connectivity index (χ2v) is 4.44. The minimum atomic E-state index is 0. The SMILES string of the molecule is CCOc1cccc(CNC2CCCC2)c1.[Cl-]. The summed E-state index contributed by atoms with van der Waals surface area (Å²) in [6, 6.07) is 9.10.